The van der Waals surface area contributed by atoms with Gasteiger partial charge in [-0.15, -0.1) is 0 Å². The average Bonchev–Trinajstić information content (AvgIpc) is 2.79. The van der Waals surface area contributed by atoms with Crippen LogP contribution in [0.1, 0.15) is 31.7 Å². The minimum absolute atomic E-state index is 0.281. The number of hydrogen-bond donors (Lipinski definition) is 3. The van der Waals surface area contributed by atoms with Crippen LogP contribution in [-0.4, -0.2) is 23.0 Å². The van der Waals surface area contributed by atoms with Crippen LogP contribution in [0.25, 0.3) is 6.08 Å². The number of carbonyl (C=O) groups is 2. The van der Waals surface area contributed by atoms with Gasteiger partial charge >= 0.3 is 5.97 Å². The van der Waals surface area contributed by atoms with Crippen molar-refractivity contribution in [2.75, 3.05) is 5.73 Å². The summed E-state index contributed by atoms with van der Waals surface area (Å²) >= 11 is 0. The highest BCUT2D eigenvalue weighted by molar-refractivity contribution is 5.92. The van der Waals surface area contributed by atoms with Crippen LogP contribution in [0.15, 0.2) is 30.3 Å². The summed E-state index contributed by atoms with van der Waals surface area (Å²) in [6.07, 6.45) is 5.17. The molecule has 1 saturated carbocycles. The maximum atomic E-state index is 11.9. The first-order valence-corrected chi connectivity index (χ1v) is 6.99. The van der Waals surface area contributed by atoms with Gasteiger partial charge < -0.3 is 16.2 Å². The molecule has 5 heteroatoms. The second-order valence-electron chi connectivity index (χ2n) is 5.68. The van der Waals surface area contributed by atoms with Crippen LogP contribution in [-0.2, 0) is 9.59 Å². The highest BCUT2D eigenvalue weighted by atomic mass is 16.4. The van der Waals surface area contributed by atoms with Crippen molar-refractivity contribution in [1.29, 1.82) is 0 Å². The molecule has 112 valence electrons. The molecule has 0 saturated heterocycles. The highest BCUT2D eigenvalue weighted by Gasteiger charge is 2.45. The van der Waals surface area contributed by atoms with Gasteiger partial charge in [-0.25, -0.2) is 0 Å². The minimum atomic E-state index is -0.874. The van der Waals surface area contributed by atoms with E-state index in [9.17, 15) is 14.7 Å². The van der Waals surface area contributed by atoms with Gasteiger partial charge in [0, 0.05) is 17.8 Å². The minimum Gasteiger partial charge on any atom is -0.481 e. The number of benzene rings is 1. The average molecular weight is 288 g/mol. The molecule has 0 heterocycles. The van der Waals surface area contributed by atoms with Crippen molar-refractivity contribution in [2.24, 2.45) is 5.41 Å². The van der Waals surface area contributed by atoms with Gasteiger partial charge in [0.25, 0.3) is 0 Å². The molecule has 0 bridgehead atoms. The standard InChI is InChI=1S/C16H20N2O3/c1-16(15(20)21)9-3-6-13(16)18-14(19)8-7-11-4-2-5-12(17)10-11/h2,4-5,7-8,10,13H,3,6,9,17H2,1H3,(H,18,19)(H,20,21)/b8-7+. The van der Waals surface area contributed by atoms with E-state index in [2.05, 4.69) is 5.32 Å². The van der Waals surface area contributed by atoms with Crippen molar-refractivity contribution in [2.45, 2.75) is 32.2 Å². The Morgan fingerprint density at radius 3 is 2.90 bits per heavy atom. The molecule has 21 heavy (non-hydrogen) atoms. The molecule has 2 rings (SSSR count). The van der Waals surface area contributed by atoms with E-state index in [0.717, 1.165) is 12.0 Å². The Bertz CT molecular complexity index is 583. The van der Waals surface area contributed by atoms with E-state index in [4.69, 9.17) is 5.73 Å². The number of carboxylic acid groups (broad SMARTS) is 1. The molecule has 1 aliphatic carbocycles. The lowest BCUT2D eigenvalue weighted by atomic mass is 9.85. The van der Waals surface area contributed by atoms with Crippen LogP contribution in [0.4, 0.5) is 5.69 Å². The number of aliphatic carboxylic acids is 1. The van der Waals surface area contributed by atoms with Gasteiger partial charge in [0.15, 0.2) is 0 Å². The van der Waals surface area contributed by atoms with Gasteiger partial charge in [0.2, 0.25) is 5.91 Å². The Morgan fingerprint density at radius 2 is 2.24 bits per heavy atom. The molecular weight excluding hydrogens is 268 g/mol. The SMILES string of the molecule is CC1(C(=O)O)CCCC1NC(=O)/C=C/c1cccc(N)c1. The molecule has 0 radical (unpaired) electrons. The second-order valence-corrected chi connectivity index (χ2v) is 5.68. The summed E-state index contributed by atoms with van der Waals surface area (Å²) in [4.78, 5) is 23.3. The predicted molar refractivity (Wildman–Crippen MR) is 81.4 cm³/mol. The van der Waals surface area contributed by atoms with Gasteiger partial charge in [-0.2, -0.15) is 0 Å². The zero-order valence-corrected chi connectivity index (χ0v) is 12.0. The van der Waals surface area contributed by atoms with Gasteiger partial charge in [0.05, 0.1) is 5.41 Å². The zero-order chi connectivity index (χ0) is 15.5. The molecule has 5 nitrogen and oxygen atoms in total. The third-order valence-corrected chi connectivity index (χ3v) is 4.10. The molecule has 0 aromatic heterocycles. The third kappa shape index (κ3) is 3.42. The molecule has 1 amide bonds. The topological polar surface area (TPSA) is 92.4 Å². The quantitative estimate of drug-likeness (QED) is 0.584. The lowest BCUT2D eigenvalue weighted by Crippen LogP contribution is -2.46. The lowest BCUT2D eigenvalue weighted by Gasteiger charge is -2.27. The Kier molecular flexibility index (Phi) is 4.31. The summed E-state index contributed by atoms with van der Waals surface area (Å²) in [5.41, 5.74) is 6.25. The summed E-state index contributed by atoms with van der Waals surface area (Å²) in [6.45, 7) is 1.69. The molecule has 0 aliphatic heterocycles. The summed E-state index contributed by atoms with van der Waals surface area (Å²) in [5, 5.41) is 12.1. The Balaban J connectivity index is 2.00. The number of nitrogens with one attached hydrogen (secondary N) is 1. The van der Waals surface area contributed by atoms with E-state index >= 15 is 0 Å². The largest absolute Gasteiger partial charge is 0.481 e. The van der Waals surface area contributed by atoms with E-state index in [-0.39, 0.29) is 11.9 Å². The number of carbonyl (C=O) groups excluding carboxylic acids is 1. The molecule has 0 spiro atoms. The second kappa shape index (κ2) is 5.99. The zero-order valence-electron chi connectivity index (χ0n) is 12.0. The van der Waals surface area contributed by atoms with Crippen LogP contribution in [0.2, 0.25) is 0 Å². The first-order valence-electron chi connectivity index (χ1n) is 6.99. The monoisotopic (exact) mass is 288 g/mol. The number of amides is 1. The Morgan fingerprint density at radius 1 is 1.48 bits per heavy atom. The number of carboxylic acids is 1. The third-order valence-electron chi connectivity index (χ3n) is 4.10. The molecule has 4 N–H and O–H groups in total. The fourth-order valence-electron chi connectivity index (χ4n) is 2.71. The number of nitrogens with two attached hydrogens (primary N) is 1. The van der Waals surface area contributed by atoms with Gasteiger partial charge in [0.1, 0.15) is 0 Å². The van der Waals surface area contributed by atoms with Gasteiger partial charge in [-0.3, -0.25) is 9.59 Å². The van der Waals surface area contributed by atoms with E-state index in [1.54, 1.807) is 25.1 Å². The lowest BCUT2D eigenvalue weighted by molar-refractivity contribution is -0.148. The van der Waals surface area contributed by atoms with Crippen molar-refractivity contribution in [3.05, 3.63) is 35.9 Å². The van der Waals surface area contributed by atoms with Gasteiger partial charge in [-0.1, -0.05) is 18.6 Å². The smallest absolute Gasteiger partial charge is 0.311 e. The summed E-state index contributed by atoms with van der Waals surface area (Å²) < 4.78 is 0. The molecule has 2 atom stereocenters. The maximum Gasteiger partial charge on any atom is 0.311 e. The van der Waals surface area contributed by atoms with E-state index < -0.39 is 11.4 Å². The maximum absolute atomic E-state index is 11.9. The Labute approximate surface area is 123 Å². The molecule has 1 aliphatic rings. The summed E-state index contributed by atoms with van der Waals surface area (Å²) in [5.74, 6) is -1.14. The normalized spacial score (nSPS) is 25.1. The van der Waals surface area contributed by atoms with Crippen LogP contribution in [0, 0.1) is 5.41 Å². The molecule has 1 aromatic carbocycles. The fraction of sp³-hybridized carbons (Fsp3) is 0.375. The number of anilines is 1. The van der Waals surface area contributed by atoms with Crippen molar-refractivity contribution >= 4 is 23.6 Å². The number of rotatable bonds is 4. The first-order chi connectivity index (χ1) is 9.91. The van der Waals surface area contributed by atoms with Crippen molar-refractivity contribution in [3.8, 4) is 0 Å². The predicted octanol–water partition coefficient (Wildman–Crippen LogP) is 2.04. The highest BCUT2D eigenvalue weighted by Crippen LogP contribution is 2.38. The number of hydrogen-bond acceptors (Lipinski definition) is 3. The summed E-state index contributed by atoms with van der Waals surface area (Å²) in [7, 11) is 0. The van der Waals surface area contributed by atoms with Crippen LogP contribution >= 0.6 is 0 Å². The Hall–Kier alpha value is -2.30. The van der Waals surface area contributed by atoms with Crippen LogP contribution < -0.4 is 11.1 Å². The molecule has 2 unspecified atom stereocenters. The van der Waals surface area contributed by atoms with E-state index in [0.29, 0.717) is 18.5 Å². The fourth-order valence-corrected chi connectivity index (χ4v) is 2.71. The van der Waals surface area contributed by atoms with Crippen LogP contribution in [0.3, 0.4) is 0 Å². The van der Waals surface area contributed by atoms with Crippen molar-refractivity contribution in [1.82, 2.24) is 5.32 Å². The van der Waals surface area contributed by atoms with E-state index in [1.807, 2.05) is 12.1 Å². The van der Waals surface area contributed by atoms with Gasteiger partial charge in [-0.05, 0) is 43.5 Å². The van der Waals surface area contributed by atoms with Crippen LogP contribution in [0.5, 0.6) is 0 Å². The first kappa shape index (κ1) is 15.1. The van der Waals surface area contributed by atoms with Crippen molar-refractivity contribution in [3.63, 3.8) is 0 Å². The number of nitrogen functional groups attached to an aromatic ring is 1. The molecular formula is C16H20N2O3. The van der Waals surface area contributed by atoms with E-state index in [1.165, 1.54) is 6.08 Å². The summed E-state index contributed by atoms with van der Waals surface area (Å²) in [6, 6.07) is 6.87. The molecule has 1 fully saturated rings. The molecule has 1 aromatic rings. The van der Waals surface area contributed by atoms with Crippen molar-refractivity contribution < 1.29 is 14.7 Å².